The van der Waals surface area contributed by atoms with Gasteiger partial charge >= 0.3 is 0 Å². The van der Waals surface area contributed by atoms with Gasteiger partial charge in [-0.1, -0.05) is 0 Å². The second-order valence-electron chi connectivity index (χ2n) is 8.15. The quantitative estimate of drug-likeness (QED) is 0.703. The molecule has 1 aromatic heterocycles. The van der Waals surface area contributed by atoms with Gasteiger partial charge in [0.1, 0.15) is 18.2 Å². The number of benzene rings is 1. The predicted octanol–water partition coefficient (Wildman–Crippen LogP) is 1.52. The van der Waals surface area contributed by atoms with Gasteiger partial charge in [-0.15, -0.1) is 0 Å². The molecule has 0 bridgehead atoms. The lowest BCUT2D eigenvalue weighted by Crippen LogP contribution is -2.54. The zero-order chi connectivity index (χ0) is 21.6. The minimum Gasteiger partial charge on any atom is -0.492 e. The standard InChI is InChI=1S/C22H31N5O3/c1-25(2)13-14-30-19-7-5-18(6-8-19)21(28)26(3)16-22(29)9-4-12-27(17-22)20-15-23-10-11-24-20/h5-8,10-11,15,29H,4,9,12-14,16-17H2,1-3H3/t22-/m1/s1. The number of β-amino-alcohol motifs (C(OH)–C–C–N with tert-alkyl or cyclic N) is 1. The Kier molecular flexibility index (Phi) is 7.23. The third-order valence-corrected chi connectivity index (χ3v) is 5.22. The second-order valence-corrected chi connectivity index (χ2v) is 8.15. The summed E-state index contributed by atoms with van der Waals surface area (Å²) in [5.74, 6) is 1.36. The Morgan fingerprint density at radius 3 is 2.67 bits per heavy atom. The Morgan fingerprint density at radius 2 is 2.00 bits per heavy atom. The molecule has 1 aliphatic heterocycles. The van der Waals surface area contributed by atoms with Crippen molar-refractivity contribution in [2.45, 2.75) is 18.4 Å². The molecule has 0 aliphatic carbocycles. The van der Waals surface area contributed by atoms with Gasteiger partial charge in [-0.25, -0.2) is 4.98 Å². The molecule has 0 saturated carbocycles. The molecule has 1 fully saturated rings. The van der Waals surface area contributed by atoms with Gasteiger partial charge in [0.25, 0.3) is 5.91 Å². The third kappa shape index (κ3) is 5.90. The first kappa shape index (κ1) is 22.0. The van der Waals surface area contributed by atoms with E-state index < -0.39 is 5.60 Å². The fourth-order valence-corrected chi connectivity index (χ4v) is 3.66. The first-order valence-corrected chi connectivity index (χ1v) is 10.2. The molecular formula is C22H31N5O3. The van der Waals surface area contributed by atoms with Gasteiger partial charge in [0.15, 0.2) is 0 Å². The molecule has 30 heavy (non-hydrogen) atoms. The summed E-state index contributed by atoms with van der Waals surface area (Å²) in [5.41, 5.74) is -0.419. The van der Waals surface area contributed by atoms with E-state index in [9.17, 15) is 9.90 Å². The molecule has 2 heterocycles. The van der Waals surface area contributed by atoms with E-state index >= 15 is 0 Å². The van der Waals surface area contributed by atoms with E-state index in [2.05, 4.69) is 9.97 Å². The highest BCUT2D eigenvalue weighted by atomic mass is 16.5. The SMILES string of the molecule is CN(C)CCOc1ccc(C(=O)N(C)C[C@]2(O)CCCN(c3cnccn3)C2)cc1. The summed E-state index contributed by atoms with van der Waals surface area (Å²) >= 11 is 0. The average molecular weight is 414 g/mol. The van der Waals surface area contributed by atoms with Gasteiger partial charge in [-0.05, 0) is 51.2 Å². The van der Waals surface area contributed by atoms with Crippen molar-refractivity contribution in [2.75, 3.05) is 58.8 Å². The van der Waals surface area contributed by atoms with Crippen LogP contribution in [0.15, 0.2) is 42.9 Å². The number of hydrogen-bond acceptors (Lipinski definition) is 7. The number of nitrogens with zero attached hydrogens (tertiary/aromatic N) is 5. The summed E-state index contributed by atoms with van der Waals surface area (Å²) in [7, 11) is 5.71. The highest BCUT2D eigenvalue weighted by Gasteiger charge is 2.36. The molecule has 1 saturated heterocycles. The normalized spacial score (nSPS) is 19.0. The summed E-state index contributed by atoms with van der Waals surface area (Å²) in [5, 5.41) is 11.1. The summed E-state index contributed by atoms with van der Waals surface area (Å²) in [6.45, 7) is 2.91. The molecule has 8 heteroatoms. The number of aliphatic hydroxyl groups is 1. The molecule has 1 aliphatic rings. The monoisotopic (exact) mass is 413 g/mol. The Hall–Kier alpha value is -2.71. The molecule has 0 unspecified atom stereocenters. The maximum atomic E-state index is 12.9. The Labute approximate surface area is 178 Å². The summed E-state index contributed by atoms with van der Waals surface area (Å²) < 4.78 is 5.68. The lowest BCUT2D eigenvalue weighted by atomic mass is 9.92. The third-order valence-electron chi connectivity index (χ3n) is 5.22. The lowest BCUT2D eigenvalue weighted by Gasteiger charge is -2.41. The molecule has 1 amide bonds. The van der Waals surface area contributed by atoms with E-state index in [1.165, 1.54) is 0 Å². The molecule has 2 aromatic rings. The molecule has 1 aromatic carbocycles. The van der Waals surface area contributed by atoms with Crippen LogP contribution in [0.1, 0.15) is 23.2 Å². The van der Waals surface area contributed by atoms with Crippen LogP contribution in [0.2, 0.25) is 0 Å². The Morgan fingerprint density at radius 1 is 1.23 bits per heavy atom. The van der Waals surface area contributed by atoms with Crippen molar-refractivity contribution >= 4 is 11.7 Å². The van der Waals surface area contributed by atoms with Gasteiger partial charge < -0.3 is 24.5 Å². The number of rotatable bonds is 8. The van der Waals surface area contributed by atoms with Crippen molar-refractivity contribution in [3.05, 3.63) is 48.4 Å². The molecule has 8 nitrogen and oxygen atoms in total. The second kappa shape index (κ2) is 9.86. The van der Waals surface area contributed by atoms with E-state index in [-0.39, 0.29) is 12.5 Å². The number of piperidine rings is 1. The first-order chi connectivity index (χ1) is 14.4. The van der Waals surface area contributed by atoms with Gasteiger partial charge in [0.2, 0.25) is 0 Å². The number of carbonyl (C=O) groups is 1. The maximum absolute atomic E-state index is 12.9. The van der Waals surface area contributed by atoms with E-state index in [4.69, 9.17) is 4.74 Å². The van der Waals surface area contributed by atoms with Crippen LogP contribution in [-0.4, -0.2) is 90.3 Å². The lowest BCUT2D eigenvalue weighted by molar-refractivity contribution is -0.000147. The topological polar surface area (TPSA) is 82.0 Å². The van der Waals surface area contributed by atoms with E-state index in [0.717, 1.165) is 31.1 Å². The Bertz CT molecular complexity index is 815. The van der Waals surface area contributed by atoms with Crippen LogP contribution in [0.4, 0.5) is 5.82 Å². The van der Waals surface area contributed by atoms with Crippen molar-refractivity contribution in [2.24, 2.45) is 0 Å². The fraction of sp³-hybridized carbons (Fsp3) is 0.500. The van der Waals surface area contributed by atoms with E-state index in [0.29, 0.717) is 25.1 Å². The number of carbonyl (C=O) groups excluding carboxylic acids is 1. The van der Waals surface area contributed by atoms with Crippen LogP contribution in [-0.2, 0) is 0 Å². The van der Waals surface area contributed by atoms with Gasteiger partial charge in [0, 0.05) is 44.6 Å². The van der Waals surface area contributed by atoms with Crippen molar-refractivity contribution in [3.63, 3.8) is 0 Å². The first-order valence-electron chi connectivity index (χ1n) is 10.2. The Balaban J connectivity index is 1.57. The zero-order valence-corrected chi connectivity index (χ0v) is 18.0. The van der Waals surface area contributed by atoms with Crippen molar-refractivity contribution in [1.82, 2.24) is 19.8 Å². The number of anilines is 1. The largest absolute Gasteiger partial charge is 0.492 e. The number of ether oxygens (including phenoxy) is 1. The van der Waals surface area contributed by atoms with Crippen LogP contribution in [0.25, 0.3) is 0 Å². The van der Waals surface area contributed by atoms with Gasteiger partial charge in [0.05, 0.1) is 18.3 Å². The molecule has 3 rings (SSSR count). The summed E-state index contributed by atoms with van der Waals surface area (Å²) in [6.07, 6.45) is 6.44. The molecule has 0 spiro atoms. The van der Waals surface area contributed by atoms with Crippen LogP contribution < -0.4 is 9.64 Å². The predicted molar refractivity (Wildman–Crippen MR) is 116 cm³/mol. The molecule has 1 atom stereocenters. The number of likely N-dealkylation sites (N-methyl/N-ethyl adjacent to an activating group) is 2. The van der Waals surface area contributed by atoms with Gasteiger partial charge in [-0.2, -0.15) is 0 Å². The maximum Gasteiger partial charge on any atom is 0.253 e. The van der Waals surface area contributed by atoms with E-state index in [1.54, 1.807) is 42.7 Å². The minimum absolute atomic E-state index is 0.125. The molecule has 162 valence electrons. The highest BCUT2D eigenvalue weighted by molar-refractivity contribution is 5.94. The number of aromatic nitrogens is 2. The molecule has 0 radical (unpaired) electrons. The van der Waals surface area contributed by atoms with E-state index in [1.807, 2.05) is 36.0 Å². The smallest absolute Gasteiger partial charge is 0.253 e. The minimum atomic E-state index is -0.991. The molecular weight excluding hydrogens is 382 g/mol. The van der Waals surface area contributed by atoms with Crippen molar-refractivity contribution in [3.8, 4) is 5.75 Å². The zero-order valence-electron chi connectivity index (χ0n) is 18.0. The summed E-state index contributed by atoms with van der Waals surface area (Å²) in [4.78, 5) is 26.9. The number of amides is 1. The van der Waals surface area contributed by atoms with Crippen molar-refractivity contribution < 1.29 is 14.6 Å². The van der Waals surface area contributed by atoms with Crippen LogP contribution in [0.3, 0.4) is 0 Å². The number of hydrogen-bond donors (Lipinski definition) is 1. The van der Waals surface area contributed by atoms with Crippen molar-refractivity contribution in [1.29, 1.82) is 0 Å². The highest BCUT2D eigenvalue weighted by Crippen LogP contribution is 2.25. The molecule has 1 N–H and O–H groups in total. The van der Waals surface area contributed by atoms with Gasteiger partial charge in [-0.3, -0.25) is 9.78 Å². The summed E-state index contributed by atoms with van der Waals surface area (Å²) in [6, 6.07) is 7.14. The average Bonchev–Trinajstić information content (AvgIpc) is 2.74. The van der Waals surface area contributed by atoms with Crippen LogP contribution in [0.5, 0.6) is 5.75 Å². The van der Waals surface area contributed by atoms with Crippen LogP contribution >= 0.6 is 0 Å². The van der Waals surface area contributed by atoms with Crippen LogP contribution in [0, 0.1) is 0 Å². The fourth-order valence-electron chi connectivity index (χ4n) is 3.66.